The second-order valence-electron chi connectivity index (χ2n) is 4.11. The summed E-state index contributed by atoms with van der Waals surface area (Å²) in [5.74, 6) is 0.847. The van der Waals surface area contributed by atoms with Gasteiger partial charge < -0.3 is 0 Å². The molecule has 0 amide bonds. The Bertz CT molecular complexity index is 645. The molecule has 0 aliphatic carbocycles. The molecule has 96 valence electrons. The molecule has 0 N–H and O–H groups in total. The molecule has 0 saturated carbocycles. The minimum Gasteiger partial charge on any atom is -0.269 e. The molecule has 1 aromatic carbocycles. The molecule has 0 atom stereocenters. The molecule has 0 saturated heterocycles. The average Bonchev–Trinajstić information content (AvgIpc) is 2.38. The Kier molecular flexibility index (Phi) is 4.60. The molecule has 0 radical (unpaired) electrons. The quantitative estimate of drug-likeness (QED) is 0.675. The normalized spacial score (nSPS) is 10.9. The molecule has 2 aromatic rings. The third kappa shape index (κ3) is 2.84. The third-order valence-corrected chi connectivity index (χ3v) is 4.11. The van der Waals surface area contributed by atoms with Gasteiger partial charge in [0.25, 0.3) is 5.56 Å². The van der Waals surface area contributed by atoms with Crippen LogP contribution >= 0.6 is 24.0 Å². The van der Waals surface area contributed by atoms with Crippen molar-refractivity contribution in [2.45, 2.75) is 25.8 Å². The molecule has 5 heteroatoms. The van der Waals surface area contributed by atoms with Gasteiger partial charge in [0.05, 0.1) is 5.39 Å². The van der Waals surface area contributed by atoms with Crippen molar-refractivity contribution in [3.63, 3.8) is 0 Å². The van der Waals surface area contributed by atoms with E-state index in [1.807, 2.05) is 18.2 Å². The fourth-order valence-electron chi connectivity index (χ4n) is 1.86. The van der Waals surface area contributed by atoms with E-state index in [0.29, 0.717) is 11.9 Å². The maximum atomic E-state index is 12.2. The number of benzene rings is 1. The molecule has 0 aliphatic rings. The molecule has 3 nitrogen and oxygen atoms in total. The number of rotatable bonds is 5. The predicted molar refractivity (Wildman–Crippen MR) is 80.1 cm³/mol. The zero-order chi connectivity index (χ0) is 13.0. The van der Waals surface area contributed by atoms with E-state index in [-0.39, 0.29) is 10.4 Å². The smallest absolute Gasteiger partial charge is 0.269 e. The van der Waals surface area contributed by atoms with Gasteiger partial charge in [0.2, 0.25) is 0 Å². The average molecular weight is 281 g/mol. The molecule has 0 fully saturated rings. The van der Waals surface area contributed by atoms with E-state index in [0.717, 1.165) is 41.1 Å². The number of thiol groups is 1. The number of fused-ring (bicyclic) bond motifs is 1. The van der Waals surface area contributed by atoms with Gasteiger partial charge in [0.15, 0.2) is 0 Å². The van der Waals surface area contributed by atoms with Crippen LogP contribution in [0, 0.1) is 0 Å². The molecule has 0 aliphatic heterocycles. The van der Waals surface area contributed by atoms with Gasteiger partial charge in [-0.2, -0.15) is 12.6 Å². The van der Waals surface area contributed by atoms with Crippen molar-refractivity contribution >= 4 is 34.1 Å². The summed E-state index contributed by atoms with van der Waals surface area (Å²) in [5.41, 5.74) is -0.166. The monoisotopic (exact) mass is 281 g/mol. The SMILES string of the molecule is O=c1sc2ccccc2c(=O)n1CCCCCS. The molecule has 0 bridgehead atoms. The van der Waals surface area contributed by atoms with E-state index in [2.05, 4.69) is 12.6 Å². The van der Waals surface area contributed by atoms with Gasteiger partial charge in [-0.1, -0.05) is 29.9 Å². The zero-order valence-electron chi connectivity index (χ0n) is 9.96. The first-order valence-corrected chi connectivity index (χ1v) is 7.42. The predicted octanol–water partition coefficient (Wildman–Crippen LogP) is 2.52. The molecular formula is C13H15NO2S2. The van der Waals surface area contributed by atoms with E-state index in [1.165, 1.54) is 4.57 Å². The second-order valence-corrected chi connectivity index (χ2v) is 5.55. The Balaban J connectivity index is 2.33. The summed E-state index contributed by atoms with van der Waals surface area (Å²) < 4.78 is 2.12. The van der Waals surface area contributed by atoms with Crippen molar-refractivity contribution in [2.24, 2.45) is 0 Å². The lowest BCUT2D eigenvalue weighted by atomic mass is 10.2. The topological polar surface area (TPSA) is 39.1 Å². The van der Waals surface area contributed by atoms with E-state index >= 15 is 0 Å². The Morgan fingerprint density at radius 1 is 1.11 bits per heavy atom. The largest absolute Gasteiger partial charge is 0.310 e. The number of aromatic nitrogens is 1. The fourth-order valence-corrected chi connectivity index (χ4v) is 2.97. The Hall–Kier alpha value is -1.07. The highest BCUT2D eigenvalue weighted by Crippen LogP contribution is 2.11. The second kappa shape index (κ2) is 6.20. The molecule has 1 heterocycles. The van der Waals surface area contributed by atoms with Crippen LogP contribution in [0.4, 0.5) is 0 Å². The van der Waals surface area contributed by atoms with Crippen molar-refractivity contribution in [1.82, 2.24) is 4.57 Å². The molecule has 0 unspecified atom stereocenters. The van der Waals surface area contributed by atoms with Crippen molar-refractivity contribution in [2.75, 3.05) is 5.75 Å². The van der Waals surface area contributed by atoms with Gasteiger partial charge in [-0.05, 0) is 30.7 Å². The van der Waals surface area contributed by atoms with Crippen molar-refractivity contribution in [3.05, 3.63) is 44.3 Å². The number of nitrogens with zero attached hydrogens (tertiary/aromatic N) is 1. The van der Waals surface area contributed by atoms with Gasteiger partial charge in [-0.25, -0.2) is 0 Å². The Labute approximate surface area is 114 Å². The standard InChI is InChI=1S/C13H15NO2S2/c15-12-10-6-2-3-7-11(10)18-13(16)14(12)8-4-1-5-9-17/h2-3,6-7,17H,1,4-5,8-9H2. The van der Waals surface area contributed by atoms with Gasteiger partial charge in [-0.15, -0.1) is 0 Å². The maximum absolute atomic E-state index is 12.2. The van der Waals surface area contributed by atoms with Crippen molar-refractivity contribution in [1.29, 1.82) is 0 Å². The lowest BCUT2D eigenvalue weighted by molar-refractivity contribution is 0.585. The summed E-state index contributed by atoms with van der Waals surface area (Å²) in [6.07, 6.45) is 2.86. The van der Waals surface area contributed by atoms with E-state index in [9.17, 15) is 9.59 Å². The summed E-state index contributed by atoms with van der Waals surface area (Å²) in [6.45, 7) is 0.507. The summed E-state index contributed by atoms with van der Waals surface area (Å²) >= 11 is 5.28. The van der Waals surface area contributed by atoms with Crippen LogP contribution in [0.5, 0.6) is 0 Å². The first-order chi connectivity index (χ1) is 8.74. The molecular weight excluding hydrogens is 266 g/mol. The van der Waals surface area contributed by atoms with E-state index in [1.54, 1.807) is 6.07 Å². The summed E-state index contributed by atoms with van der Waals surface area (Å²) in [7, 11) is 0. The Morgan fingerprint density at radius 2 is 1.89 bits per heavy atom. The van der Waals surface area contributed by atoms with E-state index < -0.39 is 0 Å². The van der Waals surface area contributed by atoms with Crippen LogP contribution < -0.4 is 10.4 Å². The molecule has 2 rings (SSSR count). The minimum atomic E-state index is -0.166. The van der Waals surface area contributed by atoms with Gasteiger partial charge in [-0.3, -0.25) is 14.2 Å². The summed E-state index contributed by atoms with van der Waals surface area (Å²) in [4.78, 5) is 23.9. The first kappa shape index (κ1) is 13.4. The lowest BCUT2D eigenvalue weighted by Gasteiger charge is -2.05. The van der Waals surface area contributed by atoms with Crippen molar-refractivity contribution < 1.29 is 0 Å². The lowest BCUT2D eigenvalue weighted by Crippen LogP contribution is -2.31. The van der Waals surface area contributed by atoms with Gasteiger partial charge in [0.1, 0.15) is 0 Å². The fraction of sp³-hybridized carbons (Fsp3) is 0.385. The number of hydrogen-bond acceptors (Lipinski definition) is 4. The first-order valence-electron chi connectivity index (χ1n) is 5.97. The highest BCUT2D eigenvalue weighted by Gasteiger charge is 2.06. The van der Waals surface area contributed by atoms with Gasteiger partial charge in [0, 0.05) is 11.2 Å². The number of unbranched alkanes of at least 4 members (excludes halogenated alkanes) is 2. The maximum Gasteiger partial charge on any atom is 0.310 e. The van der Waals surface area contributed by atoms with Crippen LogP contribution in [0.2, 0.25) is 0 Å². The molecule has 0 spiro atoms. The summed E-state index contributed by atoms with van der Waals surface area (Å²) in [5, 5.41) is 0.635. The van der Waals surface area contributed by atoms with Crippen molar-refractivity contribution in [3.8, 4) is 0 Å². The third-order valence-electron chi connectivity index (χ3n) is 2.82. The van der Waals surface area contributed by atoms with Gasteiger partial charge >= 0.3 is 4.87 Å². The molecule has 18 heavy (non-hydrogen) atoms. The zero-order valence-corrected chi connectivity index (χ0v) is 11.7. The van der Waals surface area contributed by atoms with Crippen LogP contribution in [0.1, 0.15) is 19.3 Å². The molecule has 1 aromatic heterocycles. The van der Waals surface area contributed by atoms with Crippen LogP contribution in [0.25, 0.3) is 10.1 Å². The highest BCUT2D eigenvalue weighted by molar-refractivity contribution is 7.80. The number of hydrogen-bond donors (Lipinski definition) is 1. The highest BCUT2D eigenvalue weighted by atomic mass is 32.1. The Morgan fingerprint density at radius 3 is 2.67 bits per heavy atom. The summed E-state index contributed by atoms with van der Waals surface area (Å²) in [6, 6.07) is 7.26. The minimum absolute atomic E-state index is 0.162. The van der Waals surface area contributed by atoms with Crippen LogP contribution in [-0.4, -0.2) is 10.3 Å². The van der Waals surface area contributed by atoms with Crippen LogP contribution in [-0.2, 0) is 6.54 Å². The van der Waals surface area contributed by atoms with Crippen LogP contribution in [0.3, 0.4) is 0 Å². The van der Waals surface area contributed by atoms with Crippen LogP contribution in [0.15, 0.2) is 33.9 Å². The van der Waals surface area contributed by atoms with E-state index in [4.69, 9.17) is 0 Å².